The minimum Gasteiger partial charge on any atom is -0.438 e. The van der Waals surface area contributed by atoms with Gasteiger partial charge in [-0.25, -0.2) is 0 Å². The van der Waals surface area contributed by atoms with Crippen LogP contribution in [0.1, 0.15) is 41.5 Å². The van der Waals surface area contributed by atoms with Crippen molar-refractivity contribution >= 4 is 17.6 Å². The predicted octanol–water partition coefficient (Wildman–Crippen LogP) is 4.33. The number of nitriles is 1. The first kappa shape index (κ1) is 22.3. The Labute approximate surface area is 192 Å². The van der Waals surface area contributed by atoms with Gasteiger partial charge in [0.25, 0.3) is 11.5 Å². The first-order valence-electron chi connectivity index (χ1n) is 11.1. The summed E-state index contributed by atoms with van der Waals surface area (Å²) in [5.41, 5.74) is 2.85. The Balaban J connectivity index is 1.88. The van der Waals surface area contributed by atoms with Gasteiger partial charge in [-0.15, -0.1) is 0 Å². The molecule has 0 radical (unpaired) electrons. The molecule has 3 heterocycles. The molecule has 0 N–H and O–H groups in total. The normalized spacial score (nSPS) is 14.2. The van der Waals surface area contributed by atoms with Gasteiger partial charge in [0.2, 0.25) is 5.88 Å². The van der Waals surface area contributed by atoms with E-state index < -0.39 is 5.56 Å². The Kier molecular flexibility index (Phi) is 6.27. The average molecular weight is 443 g/mol. The summed E-state index contributed by atoms with van der Waals surface area (Å²) < 4.78 is 7.49. The number of hydrogen-bond donors (Lipinski definition) is 0. The van der Waals surface area contributed by atoms with E-state index in [1.165, 1.54) is 10.5 Å². The third-order valence-electron chi connectivity index (χ3n) is 5.74. The number of aryl methyl sites for hydroxylation is 3. The second kappa shape index (κ2) is 9.29. The van der Waals surface area contributed by atoms with Crippen LogP contribution in [0.25, 0.3) is 11.7 Å². The Morgan fingerprint density at radius 3 is 2.48 bits per heavy atom. The Morgan fingerprint density at radius 2 is 1.82 bits per heavy atom. The molecule has 3 aromatic rings. The zero-order valence-corrected chi connectivity index (χ0v) is 19.1. The van der Waals surface area contributed by atoms with Gasteiger partial charge in [-0.2, -0.15) is 10.2 Å². The van der Waals surface area contributed by atoms with Gasteiger partial charge < -0.3 is 9.64 Å². The molecule has 168 valence electrons. The number of pyridine rings is 1. The monoisotopic (exact) mass is 442 g/mol. The molecule has 0 bridgehead atoms. The molecule has 4 rings (SSSR count). The third-order valence-corrected chi connectivity index (χ3v) is 5.74. The van der Waals surface area contributed by atoms with Gasteiger partial charge in [0.15, 0.2) is 0 Å². The van der Waals surface area contributed by atoms with Crippen molar-refractivity contribution in [3.05, 3.63) is 74.7 Å². The van der Waals surface area contributed by atoms with Crippen LogP contribution in [0.2, 0.25) is 0 Å². The number of nitrogens with zero attached hydrogens (tertiary/aromatic N) is 4. The molecule has 7 nitrogen and oxygen atoms in total. The molecule has 33 heavy (non-hydrogen) atoms. The standard InChI is InChI=1S/C26H26N4O3/c1-17-12-18(2)14-21(13-17)33-24-22(26(32)30-11-7-8-19(3)23(30)28-24)15-20(16-27)25(31)29-9-5-4-6-10-29/h7-8,11-15H,4-6,9-10H2,1-3H3. The number of piperidine rings is 1. The lowest BCUT2D eigenvalue weighted by Crippen LogP contribution is -2.36. The van der Waals surface area contributed by atoms with Gasteiger partial charge in [-0.3, -0.25) is 14.0 Å². The maximum Gasteiger partial charge on any atom is 0.269 e. The van der Waals surface area contributed by atoms with Gasteiger partial charge in [0, 0.05) is 19.3 Å². The maximum absolute atomic E-state index is 13.4. The number of carbonyl (C=O) groups excluding carboxylic acids is 1. The number of carbonyl (C=O) groups is 1. The van der Waals surface area contributed by atoms with E-state index in [2.05, 4.69) is 4.98 Å². The molecule has 0 aliphatic carbocycles. The van der Waals surface area contributed by atoms with Gasteiger partial charge >= 0.3 is 0 Å². The highest BCUT2D eigenvalue weighted by Gasteiger charge is 2.23. The largest absolute Gasteiger partial charge is 0.438 e. The molecule has 7 heteroatoms. The van der Waals surface area contributed by atoms with Gasteiger partial charge in [0.05, 0.1) is 0 Å². The molecule has 1 aliphatic heterocycles. The summed E-state index contributed by atoms with van der Waals surface area (Å²) >= 11 is 0. The summed E-state index contributed by atoms with van der Waals surface area (Å²) in [6.07, 6.45) is 5.82. The zero-order chi connectivity index (χ0) is 23.5. The second-order valence-corrected chi connectivity index (χ2v) is 8.47. The van der Waals surface area contributed by atoms with E-state index >= 15 is 0 Å². The van der Waals surface area contributed by atoms with E-state index in [0.717, 1.165) is 36.0 Å². The lowest BCUT2D eigenvalue weighted by Gasteiger charge is -2.26. The van der Waals surface area contributed by atoms with Crippen LogP contribution in [0, 0.1) is 32.1 Å². The molecule has 0 atom stereocenters. The van der Waals surface area contributed by atoms with Crippen molar-refractivity contribution in [2.24, 2.45) is 0 Å². The molecular formula is C26H26N4O3. The quantitative estimate of drug-likeness (QED) is 0.443. The van der Waals surface area contributed by atoms with E-state index in [9.17, 15) is 14.9 Å². The van der Waals surface area contributed by atoms with Crippen LogP contribution in [0.15, 0.2) is 46.9 Å². The van der Waals surface area contributed by atoms with Crippen molar-refractivity contribution in [2.45, 2.75) is 40.0 Å². The first-order chi connectivity index (χ1) is 15.9. The van der Waals surface area contributed by atoms with E-state index in [-0.39, 0.29) is 22.9 Å². The van der Waals surface area contributed by atoms with Crippen molar-refractivity contribution < 1.29 is 9.53 Å². The fraction of sp³-hybridized carbons (Fsp3) is 0.308. The van der Waals surface area contributed by atoms with Crippen molar-refractivity contribution in [3.63, 3.8) is 0 Å². The van der Waals surface area contributed by atoms with E-state index in [1.54, 1.807) is 17.2 Å². The Bertz CT molecular complexity index is 1340. The fourth-order valence-electron chi connectivity index (χ4n) is 4.15. The smallest absolute Gasteiger partial charge is 0.269 e. The third kappa shape index (κ3) is 4.65. The molecule has 0 unspecified atom stereocenters. The van der Waals surface area contributed by atoms with Crippen LogP contribution < -0.4 is 10.3 Å². The number of rotatable bonds is 4. The maximum atomic E-state index is 13.4. The summed E-state index contributed by atoms with van der Waals surface area (Å²) in [7, 11) is 0. The molecule has 2 aromatic heterocycles. The number of hydrogen-bond acceptors (Lipinski definition) is 5. The molecule has 1 saturated heterocycles. The Hall–Kier alpha value is -3.92. The molecule has 1 aromatic carbocycles. The summed E-state index contributed by atoms with van der Waals surface area (Å²) in [5, 5.41) is 9.75. The van der Waals surface area contributed by atoms with Crippen molar-refractivity contribution in [3.8, 4) is 17.7 Å². The predicted molar refractivity (Wildman–Crippen MR) is 126 cm³/mol. The van der Waals surface area contributed by atoms with Crippen LogP contribution in [0.4, 0.5) is 0 Å². The summed E-state index contributed by atoms with van der Waals surface area (Å²) in [6, 6.07) is 11.3. The van der Waals surface area contributed by atoms with Crippen molar-refractivity contribution in [1.29, 1.82) is 5.26 Å². The lowest BCUT2D eigenvalue weighted by atomic mass is 10.1. The number of likely N-dealkylation sites (tertiary alicyclic amines) is 1. The minimum absolute atomic E-state index is 0.0681. The van der Waals surface area contributed by atoms with Crippen LogP contribution in [-0.2, 0) is 4.79 Å². The average Bonchev–Trinajstić information content (AvgIpc) is 2.79. The molecule has 0 spiro atoms. The molecular weight excluding hydrogens is 416 g/mol. The van der Waals surface area contributed by atoms with Crippen molar-refractivity contribution in [2.75, 3.05) is 13.1 Å². The zero-order valence-electron chi connectivity index (χ0n) is 19.1. The van der Waals surface area contributed by atoms with Crippen LogP contribution in [0.3, 0.4) is 0 Å². The highest BCUT2D eigenvalue weighted by Crippen LogP contribution is 2.27. The number of aromatic nitrogens is 2. The van der Waals surface area contributed by atoms with E-state index in [0.29, 0.717) is 24.5 Å². The first-order valence-corrected chi connectivity index (χ1v) is 11.1. The van der Waals surface area contributed by atoms with Gasteiger partial charge in [-0.05, 0) is 81.0 Å². The van der Waals surface area contributed by atoms with Crippen LogP contribution in [-0.4, -0.2) is 33.3 Å². The second-order valence-electron chi connectivity index (χ2n) is 8.47. The SMILES string of the molecule is Cc1cc(C)cc(Oc2nc3c(C)cccn3c(=O)c2C=C(C#N)C(=O)N2CCCCC2)c1. The molecule has 1 aliphatic rings. The molecule has 0 saturated carbocycles. The van der Waals surface area contributed by atoms with Gasteiger partial charge in [0.1, 0.15) is 28.6 Å². The molecule has 1 amide bonds. The number of benzene rings is 1. The summed E-state index contributed by atoms with van der Waals surface area (Å²) in [4.78, 5) is 32.7. The topological polar surface area (TPSA) is 87.7 Å². The number of fused-ring (bicyclic) bond motifs is 1. The van der Waals surface area contributed by atoms with Crippen LogP contribution in [0.5, 0.6) is 11.6 Å². The Morgan fingerprint density at radius 1 is 1.12 bits per heavy atom. The number of ether oxygens (including phenoxy) is 1. The summed E-state index contributed by atoms with van der Waals surface area (Å²) in [5.74, 6) is 0.231. The highest BCUT2D eigenvalue weighted by molar-refractivity contribution is 6.02. The van der Waals surface area contributed by atoms with E-state index in [1.807, 2.05) is 51.1 Å². The van der Waals surface area contributed by atoms with Gasteiger partial charge in [-0.1, -0.05) is 12.1 Å². The van der Waals surface area contributed by atoms with E-state index in [4.69, 9.17) is 4.74 Å². The summed E-state index contributed by atoms with van der Waals surface area (Å²) in [6.45, 7) is 6.99. The molecule has 1 fully saturated rings. The highest BCUT2D eigenvalue weighted by atomic mass is 16.5. The lowest BCUT2D eigenvalue weighted by molar-refractivity contribution is -0.127. The van der Waals surface area contributed by atoms with Crippen molar-refractivity contribution in [1.82, 2.24) is 14.3 Å². The van der Waals surface area contributed by atoms with Crippen LogP contribution >= 0.6 is 0 Å². The minimum atomic E-state index is -0.401. The number of amides is 1. The fourth-order valence-corrected chi connectivity index (χ4v) is 4.15.